The summed E-state index contributed by atoms with van der Waals surface area (Å²) in [6.45, 7) is 8.40. The number of thioether (sulfide) groups is 1. The molecule has 1 atom stereocenters. The van der Waals surface area contributed by atoms with Crippen molar-refractivity contribution in [1.29, 1.82) is 0 Å². The first-order chi connectivity index (χ1) is 13.3. The predicted molar refractivity (Wildman–Crippen MR) is 115 cm³/mol. The summed E-state index contributed by atoms with van der Waals surface area (Å²) < 4.78 is 0. The molecule has 3 N–H and O–H groups in total. The van der Waals surface area contributed by atoms with Crippen LogP contribution in [0.4, 0.5) is 11.6 Å². The molecule has 1 aromatic carbocycles. The van der Waals surface area contributed by atoms with Crippen molar-refractivity contribution in [3.63, 3.8) is 0 Å². The summed E-state index contributed by atoms with van der Waals surface area (Å²) in [5.41, 5.74) is 11.2. The molecule has 0 amide bonds. The fraction of sp³-hybridized carbons (Fsp3) is 0.409. The molecule has 0 spiro atoms. The van der Waals surface area contributed by atoms with E-state index < -0.39 is 0 Å². The second-order valence-electron chi connectivity index (χ2n) is 8.39. The Morgan fingerprint density at radius 1 is 1.21 bits per heavy atom. The van der Waals surface area contributed by atoms with Crippen LogP contribution < -0.4 is 11.1 Å². The Balaban J connectivity index is 1.93. The van der Waals surface area contributed by atoms with Gasteiger partial charge in [-0.05, 0) is 30.1 Å². The van der Waals surface area contributed by atoms with Crippen LogP contribution >= 0.6 is 11.8 Å². The number of carbonyl (C=O) groups excluding carboxylic acids is 1. The SMILES string of the molecule is CCSc1nc(N)c2c(n1)NC1=C(C(=O)CC(C)(C)C1)C2c1ccc(C)cc1. The van der Waals surface area contributed by atoms with Crippen LogP contribution in [0.25, 0.3) is 0 Å². The molecule has 0 saturated heterocycles. The average molecular weight is 395 g/mol. The summed E-state index contributed by atoms with van der Waals surface area (Å²) in [6.07, 6.45) is 1.35. The molecule has 6 heteroatoms. The number of aromatic nitrogens is 2. The van der Waals surface area contributed by atoms with Crippen LogP contribution in [0.2, 0.25) is 0 Å². The Kier molecular flexibility index (Phi) is 4.70. The van der Waals surface area contributed by atoms with E-state index in [4.69, 9.17) is 10.7 Å². The molecule has 5 nitrogen and oxygen atoms in total. The molecule has 0 saturated carbocycles. The molecule has 2 heterocycles. The predicted octanol–water partition coefficient (Wildman–Crippen LogP) is 4.68. The van der Waals surface area contributed by atoms with E-state index in [1.165, 1.54) is 5.56 Å². The lowest BCUT2D eigenvalue weighted by atomic mass is 9.69. The van der Waals surface area contributed by atoms with Gasteiger partial charge in [0.2, 0.25) is 0 Å². The van der Waals surface area contributed by atoms with Crippen molar-refractivity contribution in [2.24, 2.45) is 5.41 Å². The summed E-state index contributed by atoms with van der Waals surface area (Å²) in [5, 5.41) is 4.12. The minimum Gasteiger partial charge on any atom is -0.383 e. The maximum absolute atomic E-state index is 13.2. The molecule has 1 unspecified atom stereocenters. The third-order valence-corrected chi connectivity index (χ3v) is 6.13. The number of aryl methyl sites for hydroxylation is 1. The lowest BCUT2D eigenvalue weighted by Gasteiger charge is -2.39. The van der Waals surface area contributed by atoms with Crippen LogP contribution in [0.5, 0.6) is 0 Å². The van der Waals surface area contributed by atoms with Crippen LogP contribution in [0, 0.1) is 12.3 Å². The minimum absolute atomic E-state index is 0.0716. The molecule has 4 rings (SSSR count). The Hall–Kier alpha value is -2.34. The van der Waals surface area contributed by atoms with Gasteiger partial charge in [-0.3, -0.25) is 4.79 Å². The highest BCUT2D eigenvalue weighted by Crippen LogP contribution is 2.50. The van der Waals surface area contributed by atoms with Gasteiger partial charge in [0.15, 0.2) is 10.9 Å². The number of anilines is 2. The summed E-state index contributed by atoms with van der Waals surface area (Å²) in [5.74, 6) is 2.01. The van der Waals surface area contributed by atoms with Gasteiger partial charge >= 0.3 is 0 Å². The van der Waals surface area contributed by atoms with Crippen molar-refractivity contribution in [3.8, 4) is 0 Å². The number of allylic oxidation sites excluding steroid dienone is 2. The van der Waals surface area contributed by atoms with Gasteiger partial charge in [-0.25, -0.2) is 9.97 Å². The number of hydrogen-bond acceptors (Lipinski definition) is 6. The van der Waals surface area contributed by atoms with Crippen LogP contribution in [-0.2, 0) is 4.79 Å². The van der Waals surface area contributed by atoms with E-state index in [1.54, 1.807) is 11.8 Å². The third kappa shape index (κ3) is 3.30. The van der Waals surface area contributed by atoms with Gasteiger partial charge in [0.25, 0.3) is 0 Å². The lowest BCUT2D eigenvalue weighted by molar-refractivity contribution is -0.118. The number of nitrogens with two attached hydrogens (primary N) is 1. The molecule has 28 heavy (non-hydrogen) atoms. The normalized spacial score (nSPS) is 20.4. The Bertz CT molecular complexity index is 979. The number of benzene rings is 1. The first-order valence-electron chi connectivity index (χ1n) is 9.69. The zero-order valence-corrected chi connectivity index (χ0v) is 17.6. The van der Waals surface area contributed by atoms with Gasteiger partial charge < -0.3 is 11.1 Å². The molecule has 0 radical (unpaired) electrons. The molecule has 1 aromatic heterocycles. The maximum Gasteiger partial charge on any atom is 0.191 e. The number of fused-ring (bicyclic) bond motifs is 1. The average Bonchev–Trinajstić information content (AvgIpc) is 2.60. The fourth-order valence-electron chi connectivity index (χ4n) is 4.20. The highest BCUT2D eigenvalue weighted by molar-refractivity contribution is 7.99. The van der Waals surface area contributed by atoms with Gasteiger partial charge in [0.05, 0.1) is 0 Å². The van der Waals surface area contributed by atoms with Crippen LogP contribution in [0.15, 0.2) is 40.7 Å². The molecule has 1 aliphatic heterocycles. The monoisotopic (exact) mass is 394 g/mol. The standard InChI is InChI=1S/C22H26N4OS/c1-5-28-21-25-19(23)18-16(13-8-6-12(2)7-9-13)17-14(24-20(18)26-21)10-22(3,4)11-15(17)27/h6-9,16H,5,10-11H2,1-4H3,(H3,23,24,25,26). The Morgan fingerprint density at radius 2 is 1.93 bits per heavy atom. The number of ketones is 1. The van der Waals surface area contributed by atoms with Gasteiger partial charge in [-0.15, -0.1) is 0 Å². The van der Waals surface area contributed by atoms with Crippen molar-refractivity contribution < 1.29 is 4.79 Å². The first kappa shape index (κ1) is 19.0. The minimum atomic E-state index is -0.226. The Labute approximate surface area is 170 Å². The number of carbonyl (C=O) groups is 1. The van der Waals surface area contributed by atoms with Gasteiger partial charge in [-0.2, -0.15) is 0 Å². The lowest BCUT2D eigenvalue weighted by Crippen LogP contribution is -2.34. The number of nitrogens with zero attached hydrogens (tertiary/aromatic N) is 2. The van der Waals surface area contributed by atoms with Crippen LogP contribution in [0.1, 0.15) is 56.2 Å². The van der Waals surface area contributed by atoms with Gasteiger partial charge in [0, 0.05) is 29.2 Å². The summed E-state index contributed by atoms with van der Waals surface area (Å²) in [7, 11) is 0. The van der Waals surface area contributed by atoms with E-state index in [9.17, 15) is 4.79 Å². The third-order valence-electron chi connectivity index (χ3n) is 5.41. The molecule has 2 aromatic rings. The van der Waals surface area contributed by atoms with Gasteiger partial charge in [0.1, 0.15) is 11.6 Å². The van der Waals surface area contributed by atoms with E-state index in [0.717, 1.165) is 40.4 Å². The first-order valence-corrected chi connectivity index (χ1v) is 10.7. The number of rotatable bonds is 3. The Morgan fingerprint density at radius 3 is 2.61 bits per heavy atom. The van der Waals surface area contributed by atoms with E-state index in [-0.39, 0.29) is 17.1 Å². The number of nitrogens with one attached hydrogen (secondary N) is 1. The summed E-state index contributed by atoms with van der Waals surface area (Å²) in [6, 6.07) is 8.32. The number of nitrogen functional groups attached to an aromatic ring is 1. The van der Waals surface area contributed by atoms with Crippen LogP contribution in [0.3, 0.4) is 0 Å². The smallest absolute Gasteiger partial charge is 0.191 e. The molecule has 0 bridgehead atoms. The molecular weight excluding hydrogens is 368 g/mol. The molecule has 1 aliphatic carbocycles. The second-order valence-corrected chi connectivity index (χ2v) is 9.62. The quantitative estimate of drug-likeness (QED) is 0.581. The maximum atomic E-state index is 13.2. The van der Waals surface area contributed by atoms with Gasteiger partial charge in [-0.1, -0.05) is 62.4 Å². The zero-order valence-electron chi connectivity index (χ0n) is 16.8. The van der Waals surface area contributed by atoms with Crippen molar-refractivity contribution in [3.05, 3.63) is 52.2 Å². The van der Waals surface area contributed by atoms with Crippen molar-refractivity contribution in [2.45, 2.75) is 51.6 Å². The largest absolute Gasteiger partial charge is 0.383 e. The molecular formula is C22H26N4OS. The van der Waals surface area contributed by atoms with E-state index in [0.29, 0.717) is 17.4 Å². The molecule has 0 fully saturated rings. The van der Waals surface area contributed by atoms with Crippen molar-refractivity contribution in [2.75, 3.05) is 16.8 Å². The van der Waals surface area contributed by atoms with E-state index >= 15 is 0 Å². The van der Waals surface area contributed by atoms with E-state index in [1.807, 2.05) is 0 Å². The van der Waals surface area contributed by atoms with Crippen molar-refractivity contribution in [1.82, 2.24) is 9.97 Å². The summed E-state index contributed by atoms with van der Waals surface area (Å²) in [4.78, 5) is 22.5. The highest BCUT2D eigenvalue weighted by atomic mass is 32.2. The fourth-order valence-corrected chi connectivity index (χ4v) is 4.78. The van der Waals surface area contributed by atoms with Crippen molar-refractivity contribution >= 4 is 29.2 Å². The van der Waals surface area contributed by atoms with E-state index in [2.05, 4.69) is 62.3 Å². The summed E-state index contributed by atoms with van der Waals surface area (Å²) >= 11 is 1.57. The molecule has 2 aliphatic rings. The van der Waals surface area contributed by atoms with Crippen LogP contribution in [-0.4, -0.2) is 21.5 Å². The molecule has 146 valence electrons. The zero-order chi connectivity index (χ0) is 20.1. The number of Topliss-reactive ketones (excluding diaryl/α,β-unsaturated/α-hetero) is 1. The number of hydrogen-bond donors (Lipinski definition) is 2. The highest BCUT2D eigenvalue weighted by Gasteiger charge is 2.42. The second kappa shape index (κ2) is 6.92. The topological polar surface area (TPSA) is 80.9 Å².